The first-order chi connectivity index (χ1) is 7.90. The third-order valence-corrected chi connectivity index (χ3v) is 2.89. The topological polar surface area (TPSA) is 34.3 Å². The number of hydrogen-bond donors (Lipinski definition) is 0. The van der Waals surface area contributed by atoms with E-state index in [1.807, 2.05) is 12.1 Å². The molecule has 1 aromatic carbocycles. The first-order valence-corrected chi connectivity index (χ1v) is 5.85. The fraction of sp³-hybridized carbons (Fsp3) is 0.538. The summed E-state index contributed by atoms with van der Waals surface area (Å²) in [5.74, 6) is 0.949. The van der Waals surface area contributed by atoms with Gasteiger partial charge in [0.25, 0.3) is 0 Å². The average Bonchev–Trinajstić information content (AvgIpc) is 3.17. The van der Waals surface area contributed by atoms with Crippen LogP contribution in [0.3, 0.4) is 0 Å². The van der Waals surface area contributed by atoms with Crippen LogP contribution >= 0.6 is 0 Å². The zero-order valence-corrected chi connectivity index (χ0v) is 9.22. The summed E-state index contributed by atoms with van der Waals surface area (Å²) in [6, 6.07) is 8.30. The normalized spacial score (nSPS) is 26.5. The number of hydrogen-bond acceptors (Lipinski definition) is 3. The predicted molar refractivity (Wildman–Crippen MR) is 59.7 cm³/mol. The lowest BCUT2D eigenvalue weighted by atomic mass is 10.1. The van der Waals surface area contributed by atoms with Crippen molar-refractivity contribution in [3.63, 3.8) is 0 Å². The van der Waals surface area contributed by atoms with Crippen LogP contribution in [0.5, 0.6) is 5.75 Å². The molecular weight excluding hydrogens is 204 g/mol. The van der Waals surface area contributed by atoms with Gasteiger partial charge in [0.1, 0.15) is 18.5 Å². The van der Waals surface area contributed by atoms with Crippen molar-refractivity contribution >= 4 is 0 Å². The average molecular weight is 220 g/mol. The molecule has 86 valence electrons. The molecule has 2 fully saturated rings. The Kier molecular flexibility index (Phi) is 2.80. The van der Waals surface area contributed by atoms with Gasteiger partial charge in [0.15, 0.2) is 0 Å². The van der Waals surface area contributed by atoms with E-state index in [4.69, 9.17) is 14.2 Å². The molecule has 2 heterocycles. The molecule has 0 bridgehead atoms. The Hall–Kier alpha value is -1.06. The molecular formula is C13H16O3. The fourth-order valence-corrected chi connectivity index (χ4v) is 1.71. The van der Waals surface area contributed by atoms with Gasteiger partial charge in [-0.05, 0) is 30.5 Å². The molecule has 1 aromatic rings. The van der Waals surface area contributed by atoms with Gasteiger partial charge in [0, 0.05) is 0 Å². The van der Waals surface area contributed by atoms with Crippen LogP contribution in [0.15, 0.2) is 24.3 Å². The Morgan fingerprint density at radius 1 is 1.19 bits per heavy atom. The highest BCUT2D eigenvalue weighted by molar-refractivity contribution is 5.28. The summed E-state index contributed by atoms with van der Waals surface area (Å²) in [7, 11) is 0. The molecule has 3 nitrogen and oxygen atoms in total. The van der Waals surface area contributed by atoms with Crippen molar-refractivity contribution in [1.82, 2.24) is 0 Å². The minimum absolute atomic E-state index is 0.323. The second-order valence-electron chi connectivity index (χ2n) is 4.41. The van der Waals surface area contributed by atoms with Crippen LogP contribution in [0.2, 0.25) is 0 Å². The highest BCUT2D eigenvalue weighted by Crippen LogP contribution is 2.20. The first kappa shape index (κ1) is 10.1. The van der Waals surface area contributed by atoms with Crippen molar-refractivity contribution in [2.24, 2.45) is 0 Å². The Labute approximate surface area is 95.3 Å². The van der Waals surface area contributed by atoms with E-state index >= 15 is 0 Å². The van der Waals surface area contributed by atoms with Gasteiger partial charge >= 0.3 is 0 Å². The molecule has 0 amide bonds. The van der Waals surface area contributed by atoms with Crippen LogP contribution in [0.4, 0.5) is 0 Å². The minimum atomic E-state index is 0.323. The van der Waals surface area contributed by atoms with E-state index in [9.17, 15) is 0 Å². The lowest BCUT2D eigenvalue weighted by Gasteiger charge is -2.06. The zero-order valence-electron chi connectivity index (χ0n) is 9.22. The molecule has 2 aliphatic heterocycles. The molecule has 0 spiro atoms. The molecule has 0 aromatic heterocycles. The third kappa shape index (κ3) is 2.97. The van der Waals surface area contributed by atoms with Crippen LogP contribution in [0.25, 0.3) is 0 Å². The van der Waals surface area contributed by atoms with Crippen molar-refractivity contribution in [3.8, 4) is 5.75 Å². The van der Waals surface area contributed by atoms with Crippen molar-refractivity contribution < 1.29 is 14.2 Å². The maximum absolute atomic E-state index is 5.64. The molecule has 2 unspecified atom stereocenters. The Morgan fingerprint density at radius 2 is 2.00 bits per heavy atom. The van der Waals surface area contributed by atoms with E-state index in [0.29, 0.717) is 18.8 Å². The minimum Gasteiger partial charge on any atom is -0.491 e. The molecule has 3 rings (SSSR count). The third-order valence-electron chi connectivity index (χ3n) is 2.89. The van der Waals surface area contributed by atoms with Gasteiger partial charge in [-0.3, -0.25) is 0 Å². The summed E-state index contributed by atoms with van der Waals surface area (Å²) in [5, 5.41) is 0. The van der Waals surface area contributed by atoms with Crippen LogP contribution < -0.4 is 4.74 Å². The Morgan fingerprint density at radius 3 is 2.75 bits per heavy atom. The summed E-state index contributed by atoms with van der Waals surface area (Å²) < 4.78 is 15.9. The highest BCUT2D eigenvalue weighted by Gasteiger charge is 2.23. The van der Waals surface area contributed by atoms with E-state index in [0.717, 1.165) is 31.8 Å². The Bertz CT molecular complexity index is 325. The van der Waals surface area contributed by atoms with Crippen molar-refractivity contribution in [2.45, 2.75) is 25.0 Å². The maximum Gasteiger partial charge on any atom is 0.119 e. The fourth-order valence-electron chi connectivity index (χ4n) is 1.71. The van der Waals surface area contributed by atoms with Gasteiger partial charge < -0.3 is 14.2 Å². The van der Waals surface area contributed by atoms with Crippen LogP contribution in [0, 0.1) is 0 Å². The standard InChI is InChI=1S/C13H16O3/c1-2-10(4-5-12-7-15-12)6-11(3-1)14-8-13-9-16-13/h1-3,6,12-13H,4-5,7-9H2. The van der Waals surface area contributed by atoms with Crippen molar-refractivity contribution in [2.75, 3.05) is 19.8 Å². The number of aryl methyl sites for hydroxylation is 1. The van der Waals surface area contributed by atoms with Gasteiger partial charge in [-0.2, -0.15) is 0 Å². The molecule has 2 saturated heterocycles. The Balaban J connectivity index is 1.52. The lowest BCUT2D eigenvalue weighted by Crippen LogP contribution is -2.04. The smallest absolute Gasteiger partial charge is 0.119 e. The molecule has 0 radical (unpaired) electrons. The van der Waals surface area contributed by atoms with E-state index in [-0.39, 0.29) is 0 Å². The highest BCUT2D eigenvalue weighted by atomic mass is 16.6. The number of benzene rings is 1. The molecule has 0 N–H and O–H groups in total. The summed E-state index contributed by atoms with van der Waals surface area (Å²) in [6.45, 7) is 2.46. The molecule has 2 aliphatic rings. The van der Waals surface area contributed by atoms with Crippen LogP contribution in [0.1, 0.15) is 12.0 Å². The number of epoxide rings is 2. The molecule has 0 aliphatic carbocycles. The van der Waals surface area contributed by atoms with Crippen molar-refractivity contribution in [1.29, 1.82) is 0 Å². The van der Waals surface area contributed by atoms with E-state index < -0.39 is 0 Å². The number of ether oxygens (including phenoxy) is 3. The quantitative estimate of drug-likeness (QED) is 0.685. The SMILES string of the molecule is c1cc(CCC2CO2)cc(OCC2CO2)c1. The summed E-state index contributed by atoms with van der Waals surface area (Å²) >= 11 is 0. The van der Waals surface area contributed by atoms with Gasteiger partial charge in [-0.1, -0.05) is 12.1 Å². The molecule has 0 saturated carbocycles. The lowest BCUT2D eigenvalue weighted by molar-refractivity contribution is 0.263. The van der Waals surface area contributed by atoms with Gasteiger partial charge in [-0.25, -0.2) is 0 Å². The van der Waals surface area contributed by atoms with Crippen LogP contribution in [-0.4, -0.2) is 32.0 Å². The maximum atomic E-state index is 5.64. The second kappa shape index (κ2) is 4.44. The molecule has 2 atom stereocenters. The number of rotatable bonds is 6. The monoisotopic (exact) mass is 220 g/mol. The second-order valence-corrected chi connectivity index (χ2v) is 4.41. The van der Waals surface area contributed by atoms with Crippen molar-refractivity contribution in [3.05, 3.63) is 29.8 Å². The molecule has 16 heavy (non-hydrogen) atoms. The van der Waals surface area contributed by atoms with Gasteiger partial charge in [-0.15, -0.1) is 0 Å². The van der Waals surface area contributed by atoms with E-state index in [1.54, 1.807) is 0 Å². The zero-order chi connectivity index (χ0) is 10.8. The summed E-state index contributed by atoms with van der Waals surface area (Å²) in [6.07, 6.45) is 3.02. The van der Waals surface area contributed by atoms with Gasteiger partial charge in [0.05, 0.1) is 19.3 Å². The van der Waals surface area contributed by atoms with Crippen LogP contribution in [-0.2, 0) is 15.9 Å². The van der Waals surface area contributed by atoms with E-state index in [1.165, 1.54) is 5.56 Å². The first-order valence-electron chi connectivity index (χ1n) is 5.85. The summed E-state index contributed by atoms with van der Waals surface area (Å²) in [4.78, 5) is 0. The van der Waals surface area contributed by atoms with E-state index in [2.05, 4.69) is 12.1 Å². The largest absolute Gasteiger partial charge is 0.491 e. The van der Waals surface area contributed by atoms with Gasteiger partial charge in [0.2, 0.25) is 0 Å². The molecule has 3 heteroatoms. The summed E-state index contributed by atoms with van der Waals surface area (Å²) in [5.41, 5.74) is 1.32. The predicted octanol–water partition coefficient (Wildman–Crippen LogP) is 1.80.